The van der Waals surface area contributed by atoms with Gasteiger partial charge in [0.1, 0.15) is 5.75 Å². The van der Waals surface area contributed by atoms with E-state index in [1.807, 2.05) is 0 Å². The van der Waals surface area contributed by atoms with Crippen molar-refractivity contribution < 1.29 is 9.66 Å². The van der Waals surface area contributed by atoms with Crippen LogP contribution in [0.3, 0.4) is 0 Å². The van der Waals surface area contributed by atoms with Crippen LogP contribution in [0.1, 0.15) is 19.3 Å². The molecule has 0 aromatic heterocycles. The van der Waals surface area contributed by atoms with E-state index in [-0.39, 0.29) is 5.69 Å². The Kier molecular flexibility index (Phi) is 5.15. The van der Waals surface area contributed by atoms with Crippen molar-refractivity contribution in [1.29, 1.82) is 0 Å². The molecule has 1 saturated heterocycles. The molecule has 0 bridgehead atoms. The lowest BCUT2D eigenvalue weighted by Crippen LogP contribution is -2.30. The van der Waals surface area contributed by atoms with Crippen molar-refractivity contribution in [3.63, 3.8) is 0 Å². The first-order chi connectivity index (χ1) is 9.16. The lowest BCUT2D eigenvalue weighted by atomic mass is 9.97. The smallest absolute Gasteiger partial charge is 0.273 e. The fraction of sp³-hybridized carbons (Fsp3) is 0.538. The number of nitrogens with zero attached hydrogens (tertiary/aromatic N) is 1. The average Bonchev–Trinajstić information content (AvgIpc) is 2.42. The van der Waals surface area contributed by atoms with Crippen LogP contribution >= 0.6 is 15.9 Å². The summed E-state index contributed by atoms with van der Waals surface area (Å²) in [5, 5.41) is 14.1. The Morgan fingerprint density at radius 3 is 3.05 bits per heavy atom. The van der Waals surface area contributed by atoms with E-state index in [1.165, 1.54) is 25.0 Å². The maximum atomic E-state index is 10.7. The van der Waals surface area contributed by atoms with Crippen LogP contribution in [0.2, 0.25) is 0 Å². The number of rotatable bonds is 5. The molecule has 19 heavy (non-hydrogen) atoms. The molecule has 1 unspecified atom stereocenters. The molecule has 0 aliphatic carbocycles. The highest BCUT2D eigenvalue weighted by Gasteiger charge is 2.14. The molecule has 1 aliphatic heterocycles. The predicted molar refractivity (Wildman–Crippen MR) is 76.5 cm³/mol. The maximum Gasteiger partial charge on any atom is 0.273 e. The molecule has 1 fully saturated rings. The molecule has 1 heterocycles. The zero-order valence-corrected chi connectivity index (χ0v) is 12.2. The second kappa shape index (κ2) is 6.86. The number of benzene rings is 1. The Morgan fingerprint density at radius 2 is 2.37 bits per heavy atom. The van der Waals surface area contributed by atoms with Gasteiger partial charge in [-0.25, -0.2) is 0 Å². The largest absolute Gasteiger partial charge is 0.492 e. The summed E-state index contributed by atoms with van der Waals surface area (Å²) in [5.41, 5.74) is 0.0533. The molecule has 2 rings (SSSR count). The van der Waals surface area contributed by atoms with E-state index >= 15 is 0 Å². The predicted octanol–water partition coefficient (Wildman–Crippen LogP) is 3.13. The second-order valence-electron chi connectivity index (χ2n) is 4.72. The van der Waals surface area contributed by atoms with Crippen LogP contribution in [0.15, 0.2) is 22.7 Å². The number of piperidine rings is 1. The third kappa shape index (κ3) is 4.18. The summed E-state index contributed by atoms with van der Waals surface area (Å²) in [6.45, 7) is 2.74. The Balaban J connectivity index is 1.87. The lowest BCUT2D eigenvalue weighted by molar-refractivity contribution is -0.385. The van der Waals surface area contributed by atoms with Gasteiger partial charge in [0.2, 0.25) is 0 Å². The Labute approximate surface area is 120 Å². The van der Waals surface area contributed by atoms with Gasteiger partial charge in [-0.1, -0.05) is 0 Å². The number of non-ortho nitro benzene ring substituents is 1. The second-order valence-corrected chi connectivity index (χ2v) is 5.58. The van der Waals surface area contributed by atoms with Crippen molar-refractivity contribution in [1.82, 2.24) is 5.32 Å². The standard InChI is InChI=1S/C13H17BrN2O3/c14-12-4-3-11(16(17)18)8-13(12)19-7-5-10-2-1-6-15-9-10/h3-4,8,10,15H,1-2,5-7,9H2. The Morgan fingerprint density at radius 1 is 1.53 bits per heavy atom. The highest BCUT2D eigenvalue weighted by molar-refractivity contribution is 9.10. The molecule has 1 aliphatic rings. The first kappa shape index (κ1) is 14.3. The minimum atomic E-state index is -0.412. The van der Waals surface area contributed by atoms with E-state index in [1.54, 1.807) is 6.07 Å². The molecular weight excluding hydrogens is 312 g/mol. The maximum absolute atomic E-state index is 10.7. The highest BCUT2D eigenvalue weighted by Crippen LogP contribution is 2.29. The van der Waals surface area contributed by atoms with Crippen LogP contribution in [0.4, 0.5) is 5.69 Å². The lowest BCUT2D eigenvalue weighted by Gasteiger charge is -2.22. The van der Waals surface area contributed by atoms with Crippen molar-refractivity contribution in [2.75, 3.05) is 19.7 Å². The van der Waals surface area contributed by atoms with Gasteiger partial charge in [-0.3, -0.25) is 10.1 Å². The minimum absolute atomic E-state index is 0.0533. The molecular formula is C13H17BrN2O3. The van der Waals surface area contributed by atoms with E-state index in [0.29, 0.717) is 18.3 Å². The summed E-state index contributed by atoms with van der Waals surface area (Å²) in [6.07, 6.45) is 3.42. The fourth-order valence-electron chi connectivity index (χ4n) is 2.22. The number of nitro groups is 1. The zero-order valence-electron chi connectivity index (χ0n) is 10.6. The SMILES string of the molecule is O=[N+]([O-])c1ccc(Br)c(OCCC2CCCNC2)c1. The van der Waals surface area contributed by atoms with Crippen molar-refractivity contribution in [2.24, 2.45) is 5.92 Å². The van der Waals surface area contributed by atoms with Gasteiger partial charge in [0.25, 0.3) is 5.69 Å². The quantitative estimate of drug-likeness (QED) is 0.666. The summed E-state index contributed by atoms with van der Waals surface area (Å²) >= 11 is 3.35. The van der Waals surface area contributed by atoms with Crippen LogP contribution in [0.25, 0.3) is 0 Å². The first-order valence-corrected chi connectivity index (χ1v) is 7.23. The summed E-state index contributed by atoms with van der Waals surface area (Å²) < 4.78 is 6.40. The van der Waals surface area contributed by atoms with E-state index < -0.39 is 4.92 Å². The summed E-state index contributed by atoms with van der Waals surface area (Å²) in [6, 6.07) is 4.57. The monoisotopic (exact) mass is 328 g/mol. The first-order valence-electron chi connectivity index (χ1n) is 6.44. The molecule has 1 aromatic rings. The van der Waals surface area contributed by atoms with E-state index in [9.17, 15) is 10.1 Å². The number of nitrogens with one attached hydrogen (secondary N) is 1. The minimum Gasteiger partial charge on any atom is -0.492 e. The van der Waals surface area contributed by atoms with Crippen LogP contribution in [-0.2, 0) is 0 Å². The number of halogens is 1. The van der Waals surface area contributed by atoms with E-state index in [0.717, 1.165) is 24.0 Å². The van der Waals surface area contributed by atoms with Gasteiger partial charge in [-0.05, 0) is 60.3 Å². The number of hydrogen-bond acceptors (Lipinski definition) is 4. The summed E-state index contributed by atoms with van der Waals surface area (Å²) in [5.74, 6) is 1.18. The van der Waals surface area contributed by atoms with Gasteiger partial charge < -0.3 is 10.1 Å². The molecule has 1 N–H and O–H groups in total. The summed E-state index contributed by atoms with van der Waals surface area (Å²) in [7, 11) is 0. The van der Waals surface area contributed by atoms with Gasteiger partial charge in [0.05, 0.1) is 22.1 Å². The molecule has 1 atom stereocenters. The molecule has 0 amide bonds. The highest BCUT2D eigenvalue weighted by atomic mass is 79.9. The van der Waals surface area contributed by atoms with Crippen LogP contribution in [0.5, 0.6) is 5.75 Å². The average molecular weight is 329 g/mol. The van der Waals surface area contributed by atoms with Crippen LogP contribution < -0.4 is 10.1 Å². The van der Waals surface area contributed by atoms with Crippen molar-refractivity contribution in [3.05, 3.63) is 32.8 Å². The molecule has 1 aromatic carbocycles. The topological polar surface area (TPSA) is 64.4 Å². The van der Waals surface area contributed by atoms with Gasteiger partial charge >= 0.3 is 0 Å². The molecule has 0 spiro atoms. The molecule has 5 nitrogen and oxygen atoms in total. The Bertz CT molecular complexity index is 448. The Hall–Kier alpha value is -1.14. The van der Waals surface area contributed by atoms with Crippen molar-refractivity contribution in [3.8, 4) is 5.75 Å². The number of hydrogen-bond donors (Lipinski definition) is 1. The zero-order chi connectivity index (χ0) is 13.7. The van der Waals surface area contributed by atoms with Gasteiger partial charge in [-0.2, -0.15) is 0 Å². The van der Waals surface area contributed by atoms with Crippen LogP contribution in [0, 0.1) is 16.0 Å². The normalized spacial score (nSPS) is 19.1. The molecule has 0 radical (unpaired) electrons. The summed E-state index contributed by atoms with van der Waals surface area (Å²) in [4.78, 5) is 10.3. The third-order valence-corrected chi connectivity index (χ3v) is 3.96. The van der Waals surface area contributed by atoms with E-state index in [2.05, 4.69) is 21.2 Å². The van der Waals surface area contributed by atoms with Crippen LogP contribution in [-0.4, -0.2) is 24.6 Å². The van der Waals surface area contributed by atoms with Crippen molar-refractivity contribution in [2.45, 2.75) is 19.3 Å². The molecule has 0 saturated carbocycles. The number of nitro benzene ring substituents is 1. The molecule has 6 heteroatoms. The third-order valence-electron chi connectivity index (χ3n) is 3.31. The van der Waals surface area contributed by atoms with Gasteiger partial charge in [0.15, 0.2) is 0 Å². The number of ether oxygens (including phenoxy) is 1. The van der Waals surface area contributed by atoms with Gasteiger partial charge in [0, 0.05) is 6.07 Å². The van der Waals surface area contributed by atoms with E-state index in [4.69, 9.17) is 4.74 Å². The van der Waals surface area contributed by atoms with Gasteiger partial charge in [-0.15, -0.1) is 0 Å². The van der Waals surface area contributed by atoms with Crippen molar-refractivity contribution >= 4 is 21.6 Å². The molecule has 104 valence electrons. The fourth-order valence-corrected chi connectivity index (χ4v) is 2.58.